The minimum Gasteiger partial charge on any atom is -0.353 e. The van der Waals surface area contributed by atoms with E-state index in [4.69, 9.17) is 0 Å². The van der Waals surface area contributed by atoms with Gasteiger partial charge in [0.15, 0.2) is 0 Å². The molecule has 7 nitrogen and oxygen atoms in total. The molecule has 0 aliphatic heterocycles. The number of hydrogen-bond donors (Lipinski definition) is 1. The zero-order chi connectivity index (χ0) is 19.9. The van der Waals surface area contributed by atoms with Gasteiger partial charge in [0.05, 0.1) is 17.2 Å². The number of imidazole rings is 1. The molecule has 1 N–H and O–H groups in total. The molecule has 7 heteroatoms. The zero-order valence-corrected chi connectivity index (χ0v) is 16.2. The highest BCUT2D eigenvalue weighted by molar-refractivity contribution is 5.90. The predicted octanol–water partition coefficient (Wildman–Crippen LogP) is 2.78. The van der Waals surface area contributed by atoms with Gasteiger partial charge in [-0.2, -0.15) is 0 Å². The number of carbonyl (C=O) groups is 1. The van der Waals surface area contributed by atoms with Gasteiger partial charge in [0, 0.05) is 37.8 Å². The summed E-state index contributed by atoms with van der Waals surface area (Å²) in [6.07, 6.45) is 11.5. The Kier molecular flexibility index (Phi) is 6.37. The second-order valence-electron chi connectivity index (χ2n) is 7.00. The molecule has 0 saturated carbocycles. The summed E-state index contributed by atoms with van der Waals surface area (Å²) in [6, 6.07) is 5.72. The monoisotopic (exact) mass is 379 g/mol. The first-order chi connectivity index (χ1) is 13.5. The van der Waals surface area contributed by atoms with E-state index in [2.05, 4.69) is 29.1 Å². The minimum atomic E-state index is -0.231. The van der Waals surface area contributed by atoms with E-state index in [0.717, 1.165) is 24.9 Å². The van der Waals surface area contributed by atoms with E-state index in [1.165, 1.54) is 23.2 Å². The van der Waals surface area contributed by atoms with Crippen molar-refractivity contribution in [3.8, 4) is 0 Å². The number of aromatic nitrogens is 4. The molecule has 3 aromatic rings. The highest BCUT2D eigenvalue weighted by Gasteiger charge is 2.06. The fraction of sp³-hybridized carbons (Fsp3) is 0.333. The van der Waals surface area contributed by atoms with E-state index in [0.29, 0.717) is 23.4 Å². The smallest absolute Gasteiger partial charge is 0.265 e. The first kappa shape index (κ1) is 19.5. The number of carbonyl (C=O) groups excluding carboxylic acids is 1. The third kappa shape index (κ3) is 4.94. The Morgan fingerprint density at radius 1 is 1.25 bits per heavy atom. The highest BCUT2D eigenvalue weighted by atomic mass is 16.1. The van der Waals surface area contributed by atoms with Gasteiger partial charge in [-0.15, -0.1) is 0 Å². The molecule has 0 bridgehead atoms. The average Bonchev–Trinajstić information content (AvgIpc) is 3.20. The summed E-state index contributed by atoms with van der Waals surface area (Å²) in [5, 5.41) is 3.38. The molecule has 1 amide bonds. The van der Waals surface area contributed by atoms with Gasteiger partial charge >= 0.3 is 0 Å². The SMILES string of the molecule is CC(C)c1ccc2ncn(/C=C/C(=O)NCCCCn3ccnc3)c(=O)c2c1. The van der Waals surface area contributed by atoms with Crippen LogP contribution >= 0.6 is 0 Å². The van der Waals surface area contributed by atoms with Crippen LogP contribution in [0.15, 0.2) is 54.1 Å². The molecule has 0 aliphatic rings. The van der Waals surface area contributed by atoms with Gasteiger partial charge in [-0.1, -0.05) is 19.9 Å². The third-order valence-corrected chi connectivity index (χ3v) is 4.56. The maximum atomic E-state index is 12.7. The minimum absolute atomic E-state index is 0.183. The summed E-state index contributed by atoms with van der Waals surface area (Å²) in [5.74, 6) is 0.0955. The highest BCUT2D eigenvalue weighted by Crippen LogP contribution is 2.17. The van der Waals surface area contributed by atoms with Crippen LogP contribution in [-0.4, -0.2) is 31.6 Å². The maximum Gasteiger partial charge on any atom is 0.265 e. The van der Waals surface area contributed by atoms with Crippen molar-refractivity contribution in [2.24, 2.45) is 0 Å². The van der Waals surface area contributed by atoms with E-state index < -0.39 is 0 Å². The molecule has 0 fully saturated rings. The lowest BCUT2D eigenvalue weighted by Gasteiger charge is -2.07. The first-order valence-electron chi connectivity index (χ1n) is 9.47. The number of amides is 1. The lowest BCUT2D eigenvalue weighted by Crippen LogP contribution is -2.23. The lowest BCUT2D eigenvalue weighted by molar-refractivity contribution is -0.116. The van der Waals surface area contributed by atoms with Gasteiger partial charge in [-0.3, -0.25) is 14.2 Å². The molecule has 0 saturated heterocycles. The molecular formula is C21H25N5O2. The van der Waals surface area contributed by atoms with Gasteiger partial charge in [0.1, 0.15) is 6.33 Å². The summed E-state index contributed by atoms with van der Waals surface area (Å²) in [7, 11) is 0. The second kappa shape index (κ2) is 9.12. The van der Waals surface area contributed by atoms with Crippen molar-refractivity contribution >= 4 is 23.0 Å². The maximum absolute atomic E-state index is 12.7. The number of nitrogens with one attached hydrogen (secondary N) is 1. The Morgan fingerprint density at radius 2 is 2.11 bits per heavy atom. The Labute approximate surface area is 163 Å². The second-order valence-corrected chi connectivity index (χ2v) is 7.00. The molecule has 2 aromatic heterocycles. The van der Waals surface area contributed by atoms with E-state index in [1.807, 2.05) is 29.0 Å². The Morgan fingerprint density at radius 3 is 2.86 bits per heavy atom. The Bertz CT molecular complexity index is 1020. The van der Waals surface area contributed by atoms with Gasteiger partial charge in [0.2, 0.25) is 5.91 Å². The van der Waals surface area contributed by atoms with Crippen molar-refractivity contribution in [1.82, 2.24) is 24.4 Å². The van der Waals surface area contributed by atoms with Crippen LogP contribution < -0.4 is 10.9 Å². The van der Waals surface area contributed by atoms with Gasteiger partial charge in [0.25, 0.3) is 5.56 Å². The zero-order valence-electron chi connectivity index (χ0n) is 16.2. The number of aryl methyl sites for hydroxylation is 1. The predicted molar refractivity (Wildman–Crippen MR) is 110 cm³/mol. The molecule has 1 aromatic carbocycles. The van der Waals surface area contributed by atoms with Crippen LogP contribution in [0.5, 0.6) is 0 Å². The number of fused-ring (bicyclic) bond motifs is 1. The number of rotatable bonds is 8. The molecule has 146 valence electrons. The van der Waals surface area contributed by atoms with Crippen molar-refractivity contribution in [3.05, 3.63) is 65.2 Å². The number of nitrogens with zero attached hydrogens (tertiary/aromatic N) is 4. The van der Waals surface area contributed by atoms with Crippen LogP contribution in [0.2, 0.25) is 0 Å². The van der Waals surface area contributed by atoms with Crippen LogP contribution in [0.4, 0.5) is 0 Å². The first-order valence-corrected chi connectivity index (χ1v) is 9.47. The quantitative estimate of drug-likeness (QED) is 0.482. The van der Waals surface area contributed by atoms with E-state index in [1.54, 1.807) is 12.5 Å². The Hall–Kier alpha value is -3.22. The van der Waals surface area contributed by atoms with Gasteiger partial charge in [-0.25, -0.2) is 9.97 Å². The molecule has 0 spiro atoms. The fourth-order valence-electron chi connectivity index (χ4n) is 2.88. The molecule has 0 unspecified atom stereocenters. The third-order valence-electron chi connectivity index (χ3n) is 4.56. The van der Waals surface area contributed by atoms with Crippen LogP contribution in [0.3, 0.4) is 0 Å². The molecular weight excluding hydrogens is 354 g/mol. The number of hydrogen-bond acceptors (Lipinski definition) is 4. The topological polar surface area (TPSA) is 81.8 Å². The van der Waals surface area contributed by atoms with Crippen molar-refractivity contribution in [1.29, 1.82) is 0 Å². The van der Waals surface area contributed by atoms with Gasteiger partial charge < -0.3 is 9.88 Å². The van der Waals surface area contributed by atoms with Crippen LogP contribution in [-0.2, 0) is 11.3 Å². The summed E-state index contributed by atoms with van der Waals surface area (Å²) < 4.78 is 3.34. The van der Waals surface area contributed by atoms with Crippen molar-refractivity contribution in [2.75, 3.05) is 6.54 Å². The summed E-state index contributed by atoms with van der Waals surface area (Å²) >= 11 is 0. The van der Waals surface area contributed by atoms with E-state index in [9.17, 15) is 9.59 Å². The molecule has 28 heavy (non-hydrogen) atoms. The van der Waals surface area contributed by atoms with Crippen LogP contribution in [0.25, 0.3) is 17.1 Å². The largest absolute Gasteiger partial charge is 0.353 e. The molecule has 2 heterocycles. The van der Waals surface area contributed by atoms with Crippen molar-refractivity contribution < 1.29 is 4.79 Å². The Balaban J connectivity index is 1.56. The lowest BCUT2D eigenvalue weighted by atomic mass is 10.0. The standard InChI is InChI=1S/C21H25N5O2/c1-16(2)17-5-6-19-18(13-17)21(28)26(15-24-19)11-7-20(27)23-8-3-4-10-25-12-9-22-14-25/h5-7,9,11-16H,3-4,8,10H2,1-2H3,(H,23,27)/b11-7+. The molecule has 0 atom stereocenters. The normalized spacial score (nSPS) is 11.5. The molecule has 0 aliphatic carbocycles. The summed E-state index contributed by atoms with van der Waals surface area (Å²) in [5.41, 5.74) is 1.56. The average molecular weight is 379 g/mol. The van der Waals surface area contributed by atoms with Gasteiger partial charge in [-0.05, 0) is 36.5 Å². The van der Waals surface area contributed by atoms with Crippen molar-refractivity contribution in [2.45, 2.75) is 39.2 Å². The molecule has 0 radical (unpaired) electrons. The summed E-state index contributed by atoms with van der Waals surface area (Å²) in [4.78, 5) is 32.9. The number of unbranched alkanes of at least 4 members (excludes halogenated alkanes) is 1. The van der Waals surface area contributed by atoms with Crippen LogP contribution in [0, 0.1) is 0 Å². The fourth-order valence-corrected chi connectivity index (χ4v) is 2.88. The van der Waals surface area contributed by atoms with E-state index >= 15 is 0 Å². The van der Waals surface area contributed by atoms with Crippen molar-refractivity contribution in [3.63, 3.8) is 0 Å². The molecule has 3 rings (SSSR count). The van der Waals surface area contributed by atoms with Crippen LogP contribution in [0.1, 0.15) is 38.2 Å². The summed E-state index contributed by atoms with van der Waals surface area (Å²) in [6.45, 7) is 5.62. The van der Waals surface area contributed by atoms with E-state index in [-0.39, 0.29) is 11.5 Å². The number of benzene rings is 1.